The van der Waals surface area contributed by atoms with Gasteiger partial charge in [0.05, 0.1) is 17.4 Å². The molecule has 0 aliphatic rings. The van der Waals surface area contributed by atoms with E-state index in [1.807, 2.05) is 36.2 Å². The maximum Gasteiger partial charge on any atom is 0.138 e. The molecule has 96 valence electrons. The highest BCUT2D eigenvalue weighted by Crippen LogP contribution is 2.30. The zero-order valence-corrected chi connectivity index (χ0v) is 10.9. The highest BCUT2D eigenvalue weighted by atomic mass is 16.3. The van der Waals surface area contributed by atoms with Crippen molar-refractivity contribution in [3.05, 3.63) is 53.7 Å². The Balaban J connectivity index is 2.51. The van der Waals surface area contributed by atoms with Crippen LogP contribution >= 0.6 is 0 Å². The van der Waals surface area contributed by atoms with Crippen LogP contribution in [0.2, 0.25) is 0 Å². The van der Waals surface area contributed by atoms with Gasteiger partial charge in [0, 0.05) is 18.8 Å². The molecule has 0 saturated carbocycles. The van der Waals surface area contributed by atoms with Crippen molar-refractivity contribution >= 4 is 11.5 Å². The Morgan fingerprint density at radius 1 is 1.26 bits per heavy atom. The molecule has 0 bridgehead atoms. The fraction of sp³-hybridized carbons (Fsp3) is 0.200. The summed E-state index contributed by atoms with van der Waals surface area (Å²) in [6, 6.07) is 13.1. The van der Waals surface area contributed by atoms with Gasteiger partial charge in [0.15, 0.2) is 0 Å². The average Bonchev–Trinajstić information content (AvgIpc) is 2.46. The SMILES string of the molecule is C[C@@H](O)c1cccnc1N(C)c1ccccc1C#N. The third-order valence-corrected chi connectivity index (χ3v) is 2.97. The number of hydrogen-bond donors (Lipinski definition) is 1. The fourth-order valence-corrected chi connectivity index (χ4v) is 1.99. The molecular weight excluding hydrogens is 238 g/mol. The summed E-state index contributed by atoms with van der Waals surface area (Å²) < 4.78 is 0. The van der Waals surface area contributed by atoms with E-state index in [0.29, 0.717) is 11.4 Å². The third-order valence-electron chi connectivity index (χ3n) is 2.97. The number of hydrogen-bond acceptors (Lipinski definition) is 4. The largest absolute Gasteiger partial charge is 0.389 e. The molecular formula is C15H15N3O. The van der Waals surface area contributed by atoms with Crippen molar-refractivity contribution in [2.75, 3.05) is 11.9 Å². The summed E-state index contributed by atoms with van der Waals surface area (Å²) >= 11 is 0. The zero-order chi connectivity index (χ0) is 13.8. The van der Waals surface area contributed by atoms with Gasteiger partial charge in [-0.3, -0.25) is 0 Å². The van der Waals surface area contributed by atoms with E-state index >= 15 is 0 Å². The van der Waals surface area contributed by atoms with E-state index in [1.165, 1.54) is 0 Å². The molecule has 1 heterocycles. The lowest BCUT2D eigenvalue weighted by Crippen LogP contribution is -2.15. The van der Waals surface area contributed by atoms with E-state index in [4.69, 9.17) is 5.26 Å². The Kier molecular flexibility index (Phi) is 3.79. The second kappa shape index (κ2) is 5.51. The summed E-state index contributed by atoms with van der Waals surface area (Å²) in [6.45, 7) is 1.70. The minimum atomic E-state index is -0.611. The average molecular weight is 253 g/mol. The molecule has 0 unspecified atom stereocenters. The number of aliphatic hydroxyl groups is 1. The molecule has 0 radical (unpaired) electrons. The fourth-order valence-electron chi connectivity index (χ4n) is 1.99. The molecule has 1 atom stereocenters. The second-order valence-corrected chi connectivity index (χ2v) is 4.28. The van der Waals surface area contributed by atoms with E-state index in [1.54, 1.807) is 25.3 Å². The number of nitriles is 1. The van der Waals surface area contributed by atoms with Gasteiger partial charge >= 0.3 is 0 Å². The number of rotatable bonds is 3. The molecule has 1 aromatic heterocycles. The van der Waals surface area contributed by atoms with E-state index in [2.05, 4.69) is 11.1 Å². The molecule has 0 aliphatic heterocycles. The van der Waals surface area contributed by atoms with Gasteiger partial charge in [-0.15, -0.1) is 0 Å². The molecule has 0 aliphatic carbocycles. The van der Waals surface area contributed by atoms with Gasteiger partial charge in [-0.2, -0.15) is 5.26 Å². The number of aliphatic hydroxyl groups excluding tert-OH is 1. The first-order chi connectivity index (χ1) is 9.15. The standard InChI is InChI=1S/C15H15N3O/c1-11(19)13-7-5-9-17-15(13)18(2)14-8-4-3-6-12(14)10-16/h3-9,11,19H,1-2H3/t11-/m1/s1. The van der Waals surface area contributed by atoms with Crippen LogP contribution in [-0.4, -0.2) is 17.1 Å². The first-order valence-corrected chi connectivity index (χ1v) is 6.01. The van der Waals surface area contributed by atoms with Crippen LogP contribution in [0.25, 0.3) is 0 Å². The lowest BCUT2D eigenvalue weighted by Gasteiger charge is -2.23. The van der Waals surface area contributed by atoms with Crippen LogP contribution in [0, 0.1) is 11.3 Å². The maximum atomic E-state index is 9.80. The van der Waals surface area contributed by atoms with Gasteiger partial charge in [-0.05, 0) is 25.1 Å². The van der Waals surface area contributed by atoms with Gasteiger partial charge in [-0.1, -0.05) is 18.2 Å². The van der Waals surface area contributed by atoms with E-state index in [-0.39, 0.29) is 0 Å². The number of aromatic nitrogens is 1. The van der Waals surface area contributed by atoms with Crippen LogP contribution in [0.1, 0.15) is 24.2 Å². The smallest absolute Gasteiger partial charge is 0.138 e. The number of anilines is 2. The maximum absolute atomic E-state index is 9.80. The minimum Gasteiger partial charge on any atom is -0.389 e. The Morgan fingerprint density at radius 3 is 2.68 bits per heavy atom. The highest BCUT2D eigenvalue weighted by Gasteiger charge is 2.15. The molecule has 0 fully saturated rings. The molecule has 4 nitrogen and oxygen atoms in total. The first-order valence-electron chi connectivity index (χ1n) is 6.01. The topological polar surface area (TPSA) is 60.2 Å². The van der Waals surface area contributed by atoms with Gasteiger partial charge in [0.25, 0.3) is 0 Å². The number of para-hydroxylation sites is 1. The Morgan fingerprint density at radius 2 is 2.00 bits per heavy atom. The molecule has 4 heteroatoms. The normalized spacial score (nSPS) is 11.7. The number of pyridine rings is 1. The molecule has 19 heavy (non-hydrogen) atoms. The zero-order valence-electron chi connectivity index (χ0n) is 10.9. The second-order valence-electron chi connectivity index (χ2n) is 4.28. The van der Waals surface area contributed by atoms with Crippen molar-refractivity contribution < 1.29 is 5.11 Å². The van der Waals surface area contributed by atoms with Crippen LogP contribution < -0.4 is 4.90 Å². The molecule has 0 spiro atoms. The Hall–Kier alpha value is -2.38. The molecule has 0 amide bonds. The summed E-state index contributed by atoms with van der Waals surface area (Å²) in [5, 5.41) is 18.9. The van der Waals surface area contributed by atoms with Crippen LogP contribution in [0.3, 0.4) is 0 Å². The summed E-state index contributed by atoms with van der Waals surface area (Å²) in [6.07, 6.45) is 1.06. The van der Waals surface area contributed by atoms with Crippen LogP contribution in [0.5, 0.6) is 0 Å². The van der Waals surface area contributed by atoms with Crippen molar-refractivity contribution in [1.82, 2.24) is 4.98 Å². The summed E-state index contributed by atoms with van der Waals surface area (Å²) in [7, 11) is 1.84. The van der Waals surface area contributed by atoms with Crippen molar-refractivity contribution in [2.24, 2.45) is 0 Å². The molecule has 1 N–H and O–H groups in total. The van der Waals surface area contributed by atoms with Gasteiger partial charge in [-0.25, -0.2) is 4.98 Å². The summed E-state index contributed by atoms with van der Waals surface area (Å²) in [5.74, 6) is 0.653. The third kappa shape index (κ3) is 2.56. The lowest BCUT2D eigenvalue weighted by atomic mass is 10.1. The molecule has 2 aromatic rings. The summed E-state index contributed by atoms with van der Waals surface area (Å²) in [4.78, 5) is 6.13. The van der Waals surface area contributed by atoms with E-state index < -0.39 is 6.10 Å². The lowest BCUT2D eigenvalue weighted by molar-refractivity contribution is 0.199. The van der Waals surface area contributed by atoms with Crippen molar-refractivity contribution in [3.8, 4) is 6.07 Å². The van der Waals surface area contributed by atoms with Gasteiger partial charge in [0.2, 0.25) is 0 Å². The van der Waals surface area contributed by atoms with Crippen molar-refractivity contribution in [3.63, 3.8) is 0 Å². The number of nitrogens with zero attached hydrogens (tertiary/aromatic N) is 3. The van der Waals surface area contributed by atoms with Crippen LogP contribution in [0.4, 0.5) is 11.5 Å². The Labute approximate surface area is 112 Å². The molecule has 0 saturated heterocycles. The highest BCUT2D eigenvalue weighted by molar-refractivity contribution is 5.68. The van der Waals surface area contributed by atoms with Gasteiger partial charge < -0.3 is 10.0 Å². The molecule has 1 aromatic carbocycles. The predicted molar refractivity (Wildman–Crippen MR) is 74.1 cm³/mol. The van der Waals surface area contributed by atoms with Crippen LogP contribution in [-0.2, 0) is 0 Å². The first kappa shape index (κ1) is 13.1. The predicted octanol–water partition coefficient (Wildman–Crippen LogP) is 2.77. The minimum absolute atomic E-state index is 0.576. The number of benzene rings is 1. The quantitative estimate of drug-likeness (QED) is 0.913. The Bertz CT molecular complexity index is 617. The van der Waals surface area contributed by atoms with Crippen molar-refractivity contribution in [2.45, 2.75) is 13.0 Å². The monoisotopic (exact) mass is 253 g/mol. The van der Waals surface area contributed by atoms with E-state index in [0.717, 1.165) is 11.3 Å². The summed E-state index contributed by atoms with van der Waals surface area (Å²) in [5.41, 5.74) is 2.08. The van der Waals surface area contributed by atoms with E-state index in [9.17, 15) is 5.11 Å². The molecule has 2 rings (SSSR count). The van der Waals surface area contributed by atoms with Gasteiger partial charge in [0.1, 0.15) is 11.9 Å². The van der Waals surface area contributed by atoms with Crippen LogP contribution in [0.15, 0.2) is 42.6 Å². The van der Waals surface area contributed by atoms with Crippen molar-refractivity contribution in [1.29, 1.82) is 5.26 Å².